The van der Waals surface area contributed by atoms with E-state index in [1.807, 2.05) is 31.2 Å². The molecule has 1 amide bonds. The first kappa shape index (κ1) is 17.7. The van der Waals surface area contributed by atoms with E-state index in [1.54, 1.807) is 18.7 Å². The smallest absolute Gasteiger partial charge is 0.311 e. The number of likely N-dealkylation sites (tertiary alicyclic amines) is 1. The minimum absolute atomic E-state index is 0.169. The number of carbonyl (C=O) groups excluding carboxylic acids is 1. The molecule has 6 heteroatoms. The van der Waals surface area contributed by atoms with Gasteiger partial charge >= 0.3 is 5.97 Å². The summed E-state index contributed by atoms with van der Waals surface area (Å²) in [4.78, 5) is 26.5. The van der Waals surface area contributed by atoms with Crippen LogP contribution in [0, 0.1) is 18.3 Å². The Kier molecular flexibility index (Phi) is 4.49. The predicted octanol–water partition coefficient (Wildman–Crippen LogP) is 2.10. The highest BCUT2D eigenvalue weighted by Gasteiger charge is 2.56. The number of carboxylic acid groups (broad SMARTS) is 1. The van der Waals surface area contributed by atoms with E-state index in [0.717, 1.165) is 5.56 Å². The van der Waals surface area contributed by atoms with E-state index in [-0.39, 0.29) is 18.4 Å². The number of rotatable bonds is 4. The maximum atomic E-state index is 13.0. The molecule has 3 rings (SSSR count). The molecule has 1 aromatic rings. The van der Waals surface area contributed by atoms with E-state index in [9.17, 15) is 14.7 Å². The predicted molar refractivity (Wildman–Crippen MR) is 91.5 cm³/mol. The van der Waals surface area contributed by atoms with Gasteiger partial charge < -0.3 is 19.5 Å². The summed E-state index contributed by atoms with van der Waals surface area (Å²) in [6, 6.07) is 7.54. The van der Waals surface area contributed by atoms with Crippen LogP contribution in [0.5, 0.6) is 5.75 Å². The molecule has 1 aromatic carbocycles. The van der Waals surface area contributed by atoms with Gasteiger partial charge in [0.25, 0.3) is 5.91 Å². The van der Waals surface area contributed by atoms with Gasteiger partial charge in [-0.15, -0.1) is 0 Å². The maximum absolute atomic E-state index is 13.0. The molecule has 2 fully saturated rings. The average Bonchev–Trinajstić information content (AvgIpc) is 2.94. The minimum atomic E-state index is -1.07. The second-order valence-corrected chi connectivity index (χ2v) is 7.60. The largest absolute Gasteiger partial charge is 0.481 e. The van der Waals surface area contributed by atoms with Gasteiger partial charge in [-0.3, -0.25) is 9.59 Å². The Labute approximate surface area is 147 Å². The molecule has 136 valence electrons. The average molecular weight is 347 g/mol. The van der Waals surface area contributed by atoms with Crippen molar-refractivity contribution in [3.05, 3.63) is 29.8 Å². The molecule has 2 aliphatic rings. The highest BCUT2D eigenvalue weighted by molar-refractivity contribution is 5.87. The van der Waals surface area contributed by atoms with Crippen LogP contribution >= 0.6 is 0 Å². The molecule has 25 heavy (non-hydrogen) atoms. The molecule has 0 spiro atoms. The lowest BCUT2D eigenvalue weighted by molar-refractivity contribution is -0.158. The van der Waals surface area contributed by atoms with Crippen molar-refractivity contribution in [2.75, 3.05) is 26.3 Å². The molecule has 2 heterocycles. The minimum Gasteiger partial charge on any atom is -0.481 e. The van der Waals surface area contributed by atoms with Crippen molar-refractivity contribution in [2.45, 2.75) is 32.8 Å². The second kappa shape index (κ2) is 6.33. The van der Waals surface area contributed by atoms with Crippen LogP contribution in [0.15, 0.2) is 24.3 Å². The SMILES string of the molecule is Cc1cccc(OC(C)(C)C(=O)N2C[C@@H]3COCC[C@]3(C(=O)O)C2)c1. The lowest BCUT2D eigenvalue weighted by Gasteiger charge is -2.34. The molecule has 0 radical (unpaired) electrons. The van der Waals surface area contributed by atoms with Gasteiger partial charge in [-0.25, -0.2) is 0 Å². The van der Waals surface area contributed by atoms with Crippen LogP contribution in [-0.2, 0) is 14.3 Å². The number of hydrogen-bond acceptors (Lipinski definition) is 4. The Hall–Kier alpha value is -2.08. The third-order valence-corrected chi connectivity index (χ3v) is 5.30. The van der Waals surface area contributed by atoms with Crippen molar-refractivity contribution in [3.63, 3.8) is 0 Å². The number of ether oxygens (including phenoxy) is 2. The Morgan fingerprint density at radius 3 is 2.80 bits per heavy atom. The van der Waals surface area contributed by atoms with Gasteiger partial charge in [0, 0.05) is 25.6 Å². The third kappa shape index (κ3) is 3.23. The number of aliphatic carboxylic acids is 1. The molecule has 0 unspecified atom stereocenters. The summed E-state index contributed by atoms with van der Waals surface area (Å²) in [6.07, 6.45) is 0.440. The first-order valence-corrected chi connectivity index (χ1v) is 8.61. The summed E-state index contributed by atoms with van der Waals surface area (Å²) >= 11 is 0. The number of hydrogen-bond donors (Lipinski definition) is 1. The van der Waals surface area contributed by atoms with Gasteiger partial charge in [0.15, 0.2) is 5.60 Å². The van der Waals surface area contributed by atoms with Crippen LogP contribution in [0.25, 0.3) is 0 Å². The standard InChI is InChI=1S/C19H25NO5/c1-13-5-4-6-15(9-13)25-18(2,3)16(21)20-10-14-11-24-8-7-19(14,12-20)17(22)23/h4-6,9,14H,7-8,10-12H2,1-3H3,(H,22,23)/t14-,19+/m1/s1. The Balaban J connectivity index is 1.77. The van der Waals surface area contributed by atoms with E-state index in [0.29, 0.717) is 31.9 Å². The highest BCUT2D eigenvalue weighted by atomic mass is 16.5. The fourth-order valence-corrected chi connectivity index (χ4v) is 3.85. The van der Waals surface area contributed by atoms with Crippen LogP contribution in [0.4, 0.5) is 0 Å². The maximum Gasteiger partial charge on any atom is 0.311 e. The van der Waals surface area contributed by atoms with Crippen molar-refractivity contribution in [1.29, 1.82) is 0 Å². The van der Waals surface area contributed by atoms with E-state index in [1.165, 1.54) is 0 Å². The number of fused-ring (bicyclic) bond motifs is 1. The molecular formula is C19H25NO5. The molecule has 2 saturated heterocycles. The summed E-state index contributed by atoms with van der Waals surface area (Å²) in [5.74, 6) is -0.568. The van der Waals surface area contributed by atoms with Gasteiger partial charge in [-0.1, -0.05) is 12.1 Å². The molecule has 0 bridgehead atoms. The van der Waals surface area contributed by atoms with Crippen molar-refractivity contribution >= 4 is 11.9 Å². The molecule has 0 aliphatic carbocycles. The molecule has 1 N–H and O–H groups in total. The molecule has 0 aromatic heterocycles. The number of carbonyl (C=O) groups is 2. The van der Waals surface area contributed by atoms with Crippen LogP contribution in [0.1, 0.15) is 25.8 Å². The first-order valence-electron chi connectivity index (χ1n) is 8.61. The Morgan fingerprint density at radius 1 is 1.40 bits per heavy atom. The zero-order chi connectivity index (χ0) is 18.2. The Bertz CT molecular complexity index is 686. The van der Waals surface area contributed by atoms with Gasteiger partial charge in [-0.05, 0) is 44.9 Å². The van der Waals surface area contributed by atoms with Crippen LogP contribution in [0.2, 0.25) is 0 Å². The topological polar surface area (TPSA) is 76.1 Å². The van der Waals surface area contributed by atoms with Crippen molar-refractivity contribution in [2.24, 2.45) is 11.3 Å². The van der Waals surface area contributed by atoms with Crippen molar-refractivity contribution < 1.29 is 24.2 Å². The molecule has 2 aliphatic heterocycles. The number of nitrogens with zero attached hydrogens (tertiary/aromatic N) is 1. The summed E-state index contributed by atoms with van der Waals surface area (Å²) in [7, 11) is 0. The normalized spacial score (nSPS) is 26.2. The number of benzene rings is 1. The number of amides is 1. The first-order chi connectivity index (χ1) is 11.7. The summed E-state index contributed by atoms with van der Waals surface area (Å²) in [5.41, 5.74) is -0.912. The quantitative estimate of drug-likeness (QED) is 0.903. The van der Waals surface area contributed by atoms with Gasteiger partial charge in [0.2, 0.25) is 0 Å². The lowest BCUT2D eigenvalue weighted by atomic mass is 9.74. The van der Waals surface area contributed by atoms with Gasteiger partial charge in [0.1, 0.15) is 5.75 Å². The summed E-state index contributed by atoms with van der Waals surface area (Å²) in [6.45, 7) is 6.83. The second-order valence-electron chi connectivity index (χ2n) is 7.60. The van der Waals surface area contributed by atoms with Crippen LogP contribution in [-0.4, -0.2) is 53.8 Å². The van der Waals surface area contributed by atoms with Crippen LogP contribution in [0.3, 0.4) is 0 Å². The van der Waals surface area contributed by atoms with E-state index < -0.39 is 17.0 Å². The number of carboxylic acids is 1. The Morgan fingerprint density at radius 2 is 2.16 bits per heavy atom. The molecule has 2 atom stereocenters. The van der Waals surface area contributed by atoms with Crippen molar-refractivity contribution in [3.8, 4) is 5.75 Å². The van der Waals surface area contributed by atoms with E-state index in [2.05, 4.69) is 0 Å². The fourth-order valence-electron chi connectivity index (χ4n) is 3.85. The van der Waals surface area contributed by atoms with Crippen LogP contribution < -0.4 is 4.74 Å². The van der Waals surface area contributed by atoms with E-state index >= 15 is 0 Å². The highest BCUT2D eigenvalue weighted by Crippen LogP contribution is 2.43. The van der Waals surface area contributed by atoms with Gasteiger partial charge in [0.05, 0.1) is 12.0 Å². The van der Waals surface area contributed by atoms with Gasteiger partial charge in [-0.2, -0.15) is 0 Å². The fraction of sp³-hybridized carbons (Fsp3) is 0.579. The monoisotopic (exact) mass is 347 g/mol. The summed E-state index contributed by atoms with van der Waals surface area (Å²) < 4.78 is 11.4. The third-order valence-electron chi connectivity index (χ3n) is 5.30. The summed E-state index contributed by atoms with van der Waals surface area (Å²) in [5, 5.41) is 9.74. The number of aryl methyl sites for hydroxylation is 1. The lowest BCUT2D eigenvalue weighted by Crippen LogP contribution is -2.49. The molecule has 0 saturated carbocycles. The van der Waals surface area contributed by atoms with Crippen molar-refractivity contribution in [1.82, 2.24) is 4.90 Å². The zero-order valence-electron chi connectivity index (χ0n) is 14.9. The molecular weight excluding hydrogens is 322 g/mol. The zero-order valence-corrected chi connectivity index (χ0v) is 14.9. The van der Waals surface area contributed by atoms with E-state index in [4.69, 9.17) is 9.47 Å². The molecule has 6 nitrogen and oxygen atoms in total.